The van der Waals surface area contributed by atoms with Crippen LogP contribution >= 0.6 is 0 Å². The summed E-state index contributed by atoms with van der Waals surface area (Å²) in [6.45, 7) is 3.94. The summed E-state index contributed by atoms with van der Waals surface area (Å²) in [5.74, 6) is 0.753. The van der Waals surface area contributed by atoms with E-state index in [9.17, 15) is 13.2 Å². The van der Waals surface area contributed by atoms with Crippen LogP contribution in [0.3, 0.4) is 0 Å². The quantitative estimate of drug-likeness (QED) is 0.317. The van der Waals surface area contributed by atoms with E-state index < -0.39 is 12.8 Å². The molecule has 0 bridgehead atoms. The van der Waals surface area contributed by atoms with Crippen LogP contribution in [0.25, 0.3) is 0 Å². The minimum absolute atomic E-state index is 0.0474. The van der Waals surface area contributed by atoms with Crippen molar-refractivity contribution in [3.05, 3.63) is 35.4 Å². The lowest BCUT2D eigenvalue weighted by Gasteiger charge is -2.26. The molecule has 2 N–H and O–H groups in total. The average Bonchev–Trinajstić information content (AvgIpc) is 2.73. The Morgan fingerprint density at radius 2 is 1.70 bits per heavy atom. The van der Waals surface area contributed by atoms with Crippen molar-refractivity contribution in [3.63, 3.8) is 0 Å². The molecule has 0 atom stereocenters. The van der Waals surface area contributed by atoms with Gasteiger partial charge in [-0.1, -0.05) is 37.1 Å². The van der Waals surface area contributed by atoms with Crippen molar-refractivity contribution < 1.29 is 17.9 Å². The summed E-state index contributed by atoms with van der Waals surface area (Å²) in [5.41, 5.74) is 1.74. The molecule has 1 saturated heterocycles. The maximum Gasteiger partial charge on any atom is 0.411 e. The number of halogens is 3. The first-order chi connectivity index (χ1) is 14.5. The molecule has 0 radical (unpaired) electrons. The van der Waals surface area contributed by atoms with Gasteiger partial charge in [-0.15, -0.1) is 0 Å². The molecule has 0 aliphatic carbocycles. The molecule has 1 aliphatic heterocycles. The van der Waals surface area contributed by atoms with E-state index in [-0.39, 0.29) is 6.61 Å². The van der Waals surface area contributed by atoms with Gasteiger partial charge in [0, 0.05) is 20.1 Å². The number of benzene rings is 1. The molecule has 1 fully saturated rings. The highest BCUT2D eigenvalue weighted by Gasteiger charge is 2.27. The first-order valence-electron chi connectivity index (χ1n) is 10.9. The fourth-order valence-corrected chi connectivity index (χ4v) is 3.47. The fourth-order valence-electron chi connectivity index (χ4n) is 3.47. The summed E-state index contributed by atoms with van der Waals surface area (Å²) in [5, 5.41) is 6.59. The highest BCUT2D eigenvalue weighted by Crippen LogP contribution is 2.16. The van der Waals surface area contributed by atoms with E-state index in [1.807, 2.05) is 12.1 Å². The highest BCUT2D eigenvalue weighted by atomic mass is 19.4. The number of aliphatic imine (C=N–C) groups is 1. The number of nitrogens with zero attached hydrogens (tertiary/aromatic N) is 2. The molecular formula is C22H35F3N4O. The Balaban J connectivity index is 1.56. The predicted molar refractivity (Wildman–Crippen MR) is 114 cm³/mol. The van der Waals surface area contributed by atoms with Crippen molar-refractivity contribution in [2.45, 2.75) is 57.9 Å². The van der Waals surface area contributed by atoms with Gasteiger partial charge in [0.2, 0.25) is 0 Å². The first kappa shape index (κ1) is 24.5. The summed E-state index contributed by atoms with van der Waals surface area (Å²) < 4.78 is 41.0. The van der Waals surface area contributed by atoms with E-state index >= 15 is 0 Å². The third-order valence-electron chi connectivity index (χ3n) is 5.13. The van der Waals surface area contributed by atoms with Gasteiger partial charge < -0.3 is 20.3 Å². The Hall–Kier alpha value is -1.80. The molecule has 2 rings (SSSR count). The number of unbranched alkanes of at least 4 members (excludes halogenated alkanes) is 2. The van der Waals surface area contributed by atoms with E-state index in [1.54, 1.807) is 19.2 Å². The van der Waals surface area contributed by atoms with E-state index in [2.05, 4.69) is 25.3 Å². The number of hydrogen-bond donors (Lipinski definition) is 2. The summed E-state index contributed by atoms with van der Waals surface area (Å²) in [6.07, 6.45) is 3.34. The topological polar surface area (TPSA) is 48.9 Å². The molecule has 5 nitrogen and oxygen atoms in total. The fraction of sp³-hybridized carbons (Fsp3) is 0.682. The number of guanidine groups is 1. The van der Waals surface area contributed by atoms with Crippen molar-refractivity contribution in [1.82, 2.24) is 15.5 Å². The minimum atomic E-state index is -4.29. The number of piperidine rings is 1. The largest absolute Gasteiger partial charge is 0.411 e. The van der Waals surface area contributed by atoms with Gasteiger partial charge in [-0.3, -0.25) is 4.99 Å². The zero-order chi connectivity index (χ0) is 21.7. The number of rotatable bonds is 11. The molecule has 30 heavy (non-hydrogen) atoms. The van der Waals surface area contributed by atoms with Crippen molar-refractivity contribution in [2.75, 3.05) is 39.8 Å². The van der Waals surface area contributed by atoms with Crippen molar-refractivity contribution >= 4 is 5.96 Å². The van der Waals surface area contributed by atoms with Crippen LogP contribution < -0.4 is 10.6 Å². The Kier molecular flexibility index (Phi) is 11.0. The Bertz CT molecular complexity index is 614. The van der Waals surface area contributed by atoms with E-state index in [0.29, 0.717) is 6.54 Å². The van der Waals surface area contributed by atoms with Crippen LogP contribution in [0.2, 0.25) is 0 Å². The predicted octanol–water partition coefficient (Wildman–Crippen LogP) is 4.09. The molecule has 1 aromatic carbocycles. The van der Waals surface area contributed by atoms with Gasteiger partial charge in [-0.05, 0) is 56.4 Å². The molecule has 0 unspecified atom stereocenters. The molecule has 1 heterocycles. The number of likely N-dealkylation sites (tertiary alicyclic amines) is 1. The second-order valence-electron chi connectivity index (χ2n) is 7.74. The second kappa shape index (κ2) is 13.5. The van der Waals surface area contributed by atoms with Gasteiger partial charge in [0.1, 0.15) is 6.61 Å². The lowest BCUT2D eigenvalue weighted by Crippen LogP contribution is -2.37. The minimum Gasteiger partial charge on any atom is -0.367 e. The monoisotopic (exact) mass is 428 g/mol. The van der Waals surface area contributed by atoms with Crippen LogP contribution in [-0.2, 0) is 17.9 Å². The summed E-state index contributed by atoms with van der Waals surface area (Å²) in [7, 11) is 1.74. The molecule has 1 aromatic rings. The van der Waals surface area contributed by atoms with Gasteiger partial charge in [0.25, 0.3) is 0 Å². The van der Waals surface area contributed by atoms with Gasteiger partial charge in [-0.2, -0.15) is 13.2 Å². The standard InChI is InChI=1S/C22H35F3N4O/c1-26-21(27-12-4-2-5-13-29-14-6-3-7-15-29)28-16-19-8-10-20(11-9-19)17-30-18-22(23,24)25/h8-11H,2-7,12-18H2,1H3,(H2,26,27,28). The smallest absolute Gasteiger partial charge is 0.367 e. The lowest BCUT2D eigenvalue weighted by molar-refractivity contribution is -0.176. The zero-order valence-electron chi connectivity index (χ0n) is 17.9. The van der Waals surface area contributed by atoms with Crippen molar-refractivity contribution in [3.8, 4) is 0 Å². The summed E-state index contributed by atoms with van der Waals surface area (Å²) >= 11 is 0. The van der Waals surface area contributed by atoms with Crippen LogP contribution in [0.4, 0.5) is 13.2 Å². The number of nitrogens with one attached hydrogen (secondary N) is 2. The molecule has 0 aromatic heterocycles. The Labute approximate surface area is 178 Å². The van der Waals surface area contributed by atoms with Gasteiger partial charge >= 0.3 is 6.18 Å². The average molecular weight is 429 g/mol. The summed E-state index contributed by atoms with van der Waals surface area (Å²) in [6, 6.07) is 7.33. The SMILES string of the molecule is CN=C(NCCCCCN1CCCCC1)NCc1ccc(COCC(F)(F)F)cc1. The van der Waals surface area contributed by atoms with Gasteiger partial charge in [-0.25, -0.2) is 0 Å². The lowest BCUT2D eigenvalue weighted by atomic mass is 10.1. The maximum absolute atomic E-state index is 12.1. The van der Waals surface area contributed by atoms with Gasteiger partial charge in [0.15, 0.2) is 5.96 Å². The normalized spacial score (nSPS) is 15.9. The van der Waals surface area contributed by atoms with E-state index in [0.717, 1.165) is 30.1 Å². The Morgan fingerprint density at radius 3 is 2.37 bits per heavy atom. The molecule has 1 aliphatic rings. The number of hydrogen-bond acceptors (Lipinski definition) is 3. The van der Waals surface area contributed by atoms with Crippen LogP contribution in [-0.4, -0.2) is 56.9 Å². The van der Waals surface area contributed by atoms with Crippen LogP contribution in [0, 0.1) is 0 Å². The van der Waals surface area contributed by atoms with Gasteiger partial charge in [0.05, 0.1) is 6.61 Å². The maximum atomic E-state index is 12.1. The molecular weight excluding hydrogens is 393 g/mol. The third-order valence-corrected chi connectivity index (χ3v) is 5.13. The molecule has 0 amide bonds. The number of alkyl halides is 3. The van der Waals surface area contributed by atoms with E-state index in [4.69, 9.17) is 0 Å². The first-order valence-corrected chi connectivity index (χ1v) is 10.9. The van der Waals surface area contributed by atoms with Crippen LogP contribution in [0.1, 0.15) is 49.7 Å². The van der Waals surface area contributed by atoms with Crippen molar-refractivity contribution in [2.24, 2.45) is 4.99 Å². The second-order valence-corrected chi connectivity index (χ2v) is 7.74. The molecule has 170 valence electrons. The Morgan fingerprint density at radius 1 is 1.00 bits per heavy atom. The summed E-state index contributed by atoms with van der Waals surface area (Å²) in [4.78, 5) is 6.81. The number of ether oxygens (including phenoxy) is 1. The van der Waals surface area contributed by atoms with E-state index in [1.165, 1.54) is 51.7 Å². The highest BCUT2D eigenvalue weighted by molar-refractivity contribution is 5.79. The molecule has 0 saturated carbocycles. The molecule has 8 heteroatoms. The van der Waals surface area contributed by atoms with Crippen LogP contribution in [0.15, 0.2) is 29.3 Å². The third kappa shape index (κ3) is 10.8. The van der Waals surface area contributed by atoms with Crippen LogP contribution in [0.5, 0.6) is 0 Å². The van der Waals surface area contributed by atoms with Crippen molar-refractivity contribution in [1.29, 1.82) is 0 Å². The molecule has 0 spiro atoms. The zero-order valence-corrected chi connectivity index (χ0v) is 17.9.